The van der Waals surface area contributed by atoms with Crippen LogP contribution in [0.5, 0.6) is 0 Å². The van der Waals surface area contributed by atoms with Crippen LogP contribution in [0.2, 0.25) is 13.3 Å². The van der Waals surface area contributed by atoms with Gasteiger partial charge in [0.2, 0.25) is 0 Å². The monoisotopic (exact) mass is 732 g/mol. The summed E-state index contributed by atoms with van der Waals surface area (Å²) < 4.78 is 27.1. The molecule has 36 heavy (non-hydrogen) atoms. The zero-order valence-corrected chi connectivity index (χ0v) is 29.3. The molecule has 2 radical (unpaired) electrons. The van der Waals surface area contributed by atoms with Gasteiger partial charge in [-0.05, 0) is 0 Å². The third-order valence-corrected chi connectivity index (χ3v) is 28.3. The first-order valence-corrected chi connectivity index (χ1v) is 23.5. The number of hydrogen-bond donors (Lipinski definition) is 2. The summed E-state index contributed by atoms with van der Waals surface area (Å²) in [4.78, 5) is 21.6. The van der Waals surface area contributed by atoms with Gasteiger partial charge in [-0.25, -0.2) is 0 Å². The van der Waals surface area contributed by atoms with Gasteiger partial charge in [0.25, 0.3) is 0 Å². The van der Waals surface area contributed by atoms with Crippen LogP contribution < -0.4 is 0 Å². The predicted octanol–water partition coefficient (Wildman–Crippen LogP) is 7.74. The van der Waals surface area contributed by atoms with Gasteiger partial charge in [0.05, 0.1) is 0 Å². The molecule has 0 aromatic heterocycles. The molecule has 0 aliphatic carbocycles. The van der Waals surface area contributed by atoms with Crippen molar-refractivity contribution < 1.29 is 33.8 Å². The fourth-order valence-electron chi connectivity index (χ4n) is 4.10. The molecule has 212 valence electrons. The van der Waals surface area contributed by atoms with Crippen molar-refractivity contribution in [3.05, 3.63) is 0 Å². The van der Waals surface area contributed by atoms with E-state index in [0.717, 1.165) is 41.0 Å². The molecule has 0 aliphatic rings. The Bertz CT molecular complexity index is 570. The molecule has 8 nitrogen and oxygen atoms in total. The molecular weight excluding hydrogens is 678 g/mol. The maximum atomic E-state index is 10.9. The fraction of sp³-hybridized carbons (Fsp3) is 0.923. The minimum absolute atomic E-state index is 0.0182. The minimum atomic E-state index is -3.33. The topological polar surface area (TPSA) is 112 Å². The summed E-state index contributed by atoms with van der Waals surface area (Å²) in [6.07, 6.45) is 6.56. The number of carbonyl (C=O) groups is 2. The van der Waals surface area contributed by atoms with Crippen LogP contribution in [0.1, 0.15) is 99.3 Å². The van der Waals surface area contributed by atoms with E-state index in [4.69, 9.17) is 24.2 Å². The molecule has 0 spiro atoms. The molecule has 0 aromatic rings. The molecule has 0 aromatic carbocycles. The van der Waals surface area contributed by atoms with Crippen LogP contribution in [-0.4, -0.2) is 82.6 Å². The van der Waals surface area contributed by atoms with Crippen molar-refractivity contribution in [3.63, 3.8) is 0 Å². The molecular formula is C26H52O8Sn2. The fourth-order valence-corrected chi connectivity index (χ4v) is 28.1. The second kappa shape index (κ2) is 21.9. The Balaban J connectivity index is 5.68. The van der Waals surface area contributed by atoms with E-state index >= 15 is 0 Å². The van der Waals surface area contributed by atoms with Crippen molar-refractivity contribution in [2.45, 2.75) is 119 Å². The van der Waals surface area contributed by atoms with E-state index in [1.165, 1.54) is 17.3 Å². The van der Waals surface area contributed by atoms with Gasteiger partial charge < -0.3 is 0 Å². The second-order valence-corrected chi connectivity index (χ2v) is 25.6. The predicted molar refractivity (Wildman–Crippen MR) is 146 cm³/mol. The number of hydrogen-bond acceptors (Lipinski definition) is 6. The SMILES string of the molecule is CCC[CH2][Sn][O][Sn]([CH2]CCC)([CH2]CCC)[O]C(CC(C)C(C)CCOC(=O)O)C(C)CCOC(=O)O. The van der Waals surface area contributed by atoms with Crippen molar-refractivity contribution in [2.75, 3.05) is 13.2 Å². The van der Waals surface area contributed by atoms with Gasteiger partial charge >= 0.3 is 237 Å². The molecule has 0 rings (SSSR count). The van der Waals surface area contributed by atoms with Crippen molar-refractivity contribution in [2.24, 2.45) is 17.8 Å². The quantitative estimate of drug-likeness (QED) is 0.0625. The first-order chi connectivity index (χ1) is 17.1. The molecule has 0 saturated heterocycles. The molecule has 0 heterocycles. The molecule has 10 heteroatoms. The summed E-state index contributed by atoms with van der Waals surface area (Å²) in [5.74, 6) is 0.714. The molecule has 0 fully saturated rings. The average Bonchev–Trinajstić information content (AvgIpc) is 2.82. The van der Waals surface area contributed by atoms with E-state index in [-0.39, 0.29) is 31.2 Å². The van der Waals surface area contributed by atoms with Gasteiger partial charge in [-0.3, -0.25) is 0 Å². The zero-order valence-electron chi connectivity index (χ0n) is 23.6. The summed E-state index contributed by atoms with van der Waals surface area (Å²) in [6, 6.07) is 0. The zero-order chi connectivity index (χ0) is 27.4. The van der Waals surface area contributed by atoms with Crippen molar-refractivity contribution in [3.8, 4) is 0 Å². The molecule has 0 amide bonds. The van der Waals surface area contributed by atoms with Gasteiger partial charge in [-0.2, -0.15) is 0 Å². The van der Waals surface area contributed by atoms with E-state index in [0.29, 0.717) is 18.8 Å². The Morgan fingerprint density at radius 3 is 1.75 bits per heavy atom. The molecule has 4 unspecified atom stereocenters. The van der Waals surface area contributed by atoms with Gasteiger partial charge in [0.15, 0.2) is 0 Å². The van der Waals surface area contributed by atoms with E-state index in [9.17, 15) is 9.59 Å². The van der Waals surface area contributed by atoms with E-state index < -0.39 is 53.1 Å². The third-order valence-electron chi connectivity index (χ3n) is 6.89. The average molecular weight is 730 g/mol. The van der Waals surface area contributed by atoms with Crippen molar-refractivity contribution >= 4 is 53.1 Å². The Morgan fingerprint density at radius 2 is 1.28 bits per heavy atom. The summed E-state index contributed by atoms with van der Waals surface area (Å²) >= 11 is -4.27. The van der Waals surface area contributed by atoms with Crippen LogP contribution in [0.25, 0.3) is 0 Å². The number of carboxylic acid groups (broad SMARTS) is 2. The van der Waals surface area contributed by atoms with E-state index in [2.05, 4.69) is 41.5 Å². The Labute approximate surface area is 235 Å². The maximum absolute atomic E-state index is 10.9. The van der Waals surface area contributed by atoms with Gasteiger partial charge in [0.1, 0.15) is 0 Å². The molecule has 2 N–H and O–H groups in total. The molecule has 0 bridgehead atoms. The summed E-state index contributed by atoms with van der Waals surface area (Å²) in [5, 5.41) is 17.7. The van der Waals surface area contributed by atoms with Crippen molar-refractivity contribution in [1.29, 1.82) is 0 Å². The van der Waals surface area contributed by atoms with Gasteiger partial charge in [-0.1, -0.05) is 0 Å². The Kier molecular flexibility index (Phi) is 22.0. The molecule has 4 atom stereocenters. The van der Waals surface area contributed by atoms with Crippen LogP contribution in [-0.2, 0) is 14.0 Å². The van der Waals surface area contributed by atoms with Gasteiger partial charge in [-0.15, -0.1) is 0 Å². The molecule has 0 aliphatic heterocycles. The van der Waals surface area contributed by atoms with Gasteiger partial charge in [0, 0.05) is 0 Å². The number of unbranched alkanes of at least 4 members (excludes halogenated alkanes) is 3. The second-order valence-electron chi connectivity index (χ2n) is 10.1. The van der Waals surface area contributed by atoms with Crippen LogP contribution in [0.3, 0.4) is 0 Å². The first kappa shape index (κ1) is 36.1. The number of rotatable bonds is 23. The normalized spacial score (nSPS) is 15.2. The Hall–Kier alpha value is 0.0574. The number of ether oxygens (including phenoxy) is 2. The van der Waals surface area contributed by atoms with E-state index in [1.807, 2.05) is 0 Å². The van der Waals surface area contributed by atoms with Crippen molar-refractivity contribution in [1.82, 2.24) is 0 Å². The Morgan fingerprint density at radius 1 is 0.778 bits per heavy atom. The van der Waals surface area contributed by atoms with Crippen LogP contribution >= 0.6 is 0 Å². The summed E-state index contributed by atoms with van der Waals surface area (Å²) in [6.45, 7) is 13.5. The third kappa shape index (κ3) is 17.5. The summed E-state index contributed by atoms with van der Waals surface area (Å²) in [7, 11) is 0. The first-order valence-electron chi connectivity index (χ1n) is 13.9. The summed E-state index contributed by atoms with van der Waals surface area (Å²) in [5.41, 5.74) is 0. The standard InChI is InChI=1S/C14H25O7.3C4H9.O.2Sn/c1-9(4-6-20-13(16)17)11(3)8-12(15)10(2)5-7-21-14(18)19;3*1-3-4-2;;;/h9-12H,4-8H2,1-3H3,(H,16,17)(H,18,19);3*1,3-4H2,2H3;;;/q-1;;;;;;+1. The van der Waals surface area contributed by atoms with Crippen LogP contribution in [0.4, 0.5) is 9.59 Å². The van der Waals surface area contributed by atoms with Crippen LogP contribution in [0.15, 0.2) is 0 Å². The molecule has 0 saturated carbocycles. The van der Waals surface area contributed by atoms with E-state index in [1.54, 1.807) is 0 Å². The van der Waals surface area contributed by atoms with Crippen LogP contribution in [0, 0.1) is 17.8 Å².